The molecule has 1 atom stereocenters. The zero-order valence-electron chi connectivity index (χ0n) is 9.82. The Kier molecular flexibility index (Phi) is 3.72. The van der Waals surface area contributed by atoms with Gasteiger partial charge in [0.2, 0.25) is 0 Å². The van der Waals surface area contributed by atoms with Crippen molar-refractivity contribution in [2.24, 2.45) is 5.73 Å². The maximum absolute atomic E-state index is 9.07. The number of nitrogens with two attached hydrogens (primary N) is 1. The van der Waals surface area contributed by atoms with Gasteiger partial charge in [-0.15, -0.1) is 0 Å². The van der Waals surface area contributed by atoms with E-state index >= 15 is 0 Å². The van der Waals surface area contributed by atoms with Crippen molar-refractivity contribution >= 4 is 0 Å². The molecule has 18 heavy (non-hydrogen) atoms. The van der Waals surface area contributed by atoms with Gasteiger partial charge in [0.05, 0.1) is 36.3 Å². The summed E-state index contributed by atoms with van der Waals surface area (Å²) in [5, 5.41) is 17.9. The van der Waals surface area contributed by atoms with E-state index in [4.69, 9.17) is 16.1 Å². The molecule has 0 bridgehead atoms. The van der Waals surface area contributed by atoms with Crippen molar-refractivity contribution < 1.29 is 5.11 Å². The molecular formula is C13H14N4O. The highest BCUT2D eigenvalue weighted by molar-refractivity contribution is 5.33. The van der Waals surface area contributed by atoms with Crippen molar-refractivity contribution in [3.05, 3.63) is 53.6 Å². The van der Waals surface area contributed by atoms with Crippen molar-refractivity contribution in [1.82, 2.24) is 9.55 Å². The van der Waals surface area contributed by atoms with E-state index in [0.717, 1.165) is 11.3 Å². The van der Waals surface area contributed by atoms with Crippen LogP contribution in [0.3, 0.4) is 0 Å². The van der Waals surface area contributed by atoms with Gasteiger partial charge in [-0.3, -0.25) is 0 Å². The van der Waals surface area contributed by atoms with Gasteiger partial charge in [0.15, 0.2) is 0 Å². The first-order valence-corrected chi connectivity index (χ1v) is 5.60. The summed E-state index contributed by atoms with van der Waals surface area (Å²) < 4.78 is 1.87. The molecule has 0 aliphatic rings. The SMILES string of the molecule is N#Cc1cccc(Cn2cncc2C(N)CO)c1. The van der Waals surface area contributed by atoms with Crippen LogP contribution >= 0.6 is 0 Å². The summed E-state index contributed by atoms with van der Waals surface area (Å²) >= 11 is 0. The van der Waals surface area contributed by atoms with Crippen LogP contribution in [0.1, 0.15) is 22.9 Å². The summed E-state index contributed by atoms with van der Waals surface area (Å²) in [6.45, 7) is 0.461. The summed E-state index contributed by atoms with van der Waals surface area (Å²) in [6, 6.07) is 9.04. The van der Waals surface area contributed by atoms with Crippen LogP contribution in [-0.4, -0.2) is 21.3 Å². The highest BCUT2D eigenvalue weighted by atomic mass is 16.3. The Labute approximate surface area is 105 Å². The van der Waals surface area contributed by atoms with Crippen molar-refractivity contribution in [2.75, 3.05) is 6.61 Å². The second-order valence-electron chi connectivity index (χ2n) is 4.05. The van der Waals surface area contributed by atoms with E-state index in [1.807, 2.05) is 22.8 Å². The average molecular weight is 242 g/mol. The van der Waals surface area contributed by atoms with Gasteiger partial charge in [0.1, 0.15) is 0 Å². The van der Waals surface area contributed by atoms with Gasteiger partial charge in [-0.1, -0.05) is 12.1 Å². The number of imidazole rings is 1. The van der Waals surface area contributed by atoms with Gasteiger partial charge in [0.25, 0.3) is 0 Å². The number of aliphatic hydroxyl groups is 1. The van der Waals surface area contributed by atoms with E-state index in [1.54, 1.807) is 18.6 Å². The molecule has 92 valence electrons. The fourth-order valence-corrected chi connectivity index (χ4v) is 1.80. The monoisotopic (exact) mass is 242 g/mol. The Hall–Kier alpha value is -2.16. The van der Waals surface area contributed by atoms with Crippen molar-refractivity contribution in [3.63, 3.8) is 0 Å². The molecule has 1 aromatic heterocycles. The Morgan fingerprint density at radius 2 is 2.33 bits per heavy atom. The molecule has 0 spiro atoms. The van der Waals surface area contributed by atoms with Gasteiger partial charge < -0.3 is 15.4 Å². The minimum absolute atomic E-state index is 0.121. The van der Waals surface area contributed by atoms with E-state index < -0.39 is 6.04 Å². The number of nitriles is 1. The molecule has 5 heteroatoms. The smallest absolute Gasteiger partial charge is 0.0991 e. The molecule has 2 aromatic rings. The maximum Gasteiger partial charge on any atom is 0.0991 e. The average Bonchev–Trinajstić information content (AvgIpc) is 2.86. The molecule has 0 saturated heterocycles. The predicted octanol–water partition coefficient (Wildman–Crippen LogP) is 0.795. The van der Waals surface area contributed by atoms with E-state index in [1.165, 1.54) is 0 Å². The Morgan fingerprint density at radius 3 is 3.06 bits per heavy atom. The Bertz CT molecular complexity index is 570. The molecule has 1 heterocycles. The molecule has 0 aliphatic heterocycles. The summed E-state index contributed by atoms with van der Waals surface area (Å²) in [7, 11) is 0. The largest absolute Gasteiger partial charge is 0.394 e. The highest BCUT2D eigenvalue weighted by Crippen LogP contribution is 2.12. The first-order chi connectivity index (χ1) is 8.74. The van der Waals surface area contributed by atoms with Crippen LogP contribution in [0.15, 0.2) is 36.8 Å². The van der Waals surface area contributed by atoms with Gasteiger partial charge in [-0.2, -0.15) is 5.26 Å². The predicted molar refractivity (Wildman–Crippen MR) is 66.5 cm³/mol. The lowest BCUT2D eigenvalue weighted by atomic mass is 10.1. The number of hydrogen-bond donors (Lipinski definition) is 2. The zero-order valence-corrected chi connectivity index (χ0v) is 9.82. The highest BCUT2D eigenvalue weighted by Gasteiger charge is 2.10. The van der Waals surface area contributed by atoms with Crippen LogP contribution in [-0.2, 0) is 6.54 Å². The molecular weight excluding hydrogens is 228 g/mol. The molecule has 1 aromatic carbocycles. The molecule has 0 aliphatic carbocycles. The number of hydrogen-bond acceptors (Lipinski definition) is 4. The van der Waals surface area contributed by atoms with Crippen LogP contribution in [0, 0.1) is 11.3 Å². The van der Waals surface area contributed by atoms with E-state index in [2.05, 4.69) is 11.1 Å². The second kappa shape index (κ2) is 5.45. The number of aliphatic hydroxyl groups excluding tert-OH is 1. The van der Waals surface area contributed by atoms with E-state index in [0.29, 0.717) is 12.1 Å². The van der Waals surface area contributed by atoms with Gasteiger partial charge in [-0.05, 0) is 17.7 Å². The Balaban J connectivity index is 2.24. The third-order valence-electron chi connectivity index (χ3n) is 2.73. The lowest BCUT2D eigenvalue weighted by molar-refractivity contribution is 0.263. The topological polar surface area (TPSA) is 87.9 Å². The van der Waals surface area contributed by atoms with E-state index in [9.17, 15) is 0 Å². The maximum atomic E-state index is 9.07. The molecule has 0 radical (unpaired) electrons. The normalized spacial score (nSPS) is 12.1. The van der Waals surface area contributed by atoms with Crippen LogP contribution in [0.25, 0.3) is 0 Å². The first-order valence-electron chi connectivity index (χ1n) is 5.60. The van der Waals surface area contributed by atoms with Gasteiger partial charge in [-0.25, -0.2) is 4.98 Å². The van der Waals surface area contributed by atoms with Gasteiger partial charge >= 0.3 is 0 Å². The molecule has 2 rings (SSSR count). The van der Waals surface area contributed by atoms with Crippen molar-refractivity contribution in [2.45, 2.75) is 12.6 Å². The van der Waals surface area contributed by atoms with Gasteiger partial charge in [0, 0.05) is 12.7 Å². The summed E-state index contributed by atoms with van der Waals surface area (Å²) in [5.74, 6) is 0. The lowest BCUT2D eigenvalue weighted by Gasteiger charge is -2.12. The minimum atomic E-state index is -0.438. The number of aromatic nitrogens is 2. The fraction of sp³-hybridized carbons (Fsp3) is 0.231. The Morgan fingerprint density at radius 1 is 1.50 bits per heavy atom. The third kappa shape index (κ3) is 2.56. The summed E-state index contributed by atoms with van der Waals surface area (Å²) in [4.78, 5) is 4.04. The molecule has 0 fully saturated rings. The van der Waals surface area contributed by atoms with Crippen LogP contribution in [0.2, 0.25) is 0 Å². The van der Waals surface area contributed by atoms with Crippen LogP contribution < -0.4 is 5.73 Å². The van der Waals surface area contributed by atoms with Crippen LogP contribution in [0.4, 0.5) is 0 Å². The summed E-state index contributed by atoms with van der Waals surface area (Å²) in [6.07, 6.45) is 3.32. The van der Waals surface area contributed by atoms with E-state index in [-0.39, 0.29) is 6.61 Å². The number of benzene rings is 1. The number of nitrogens with zero attached hydrogens (tertiary/aromatic N) is 3. The molecule has 5 nitrogen and oxygen atoms in total. The zero-order chi connectivity index (χ0) is 13.0. The van der Waals surface area contributed by atoms with Crippen LogP contribution in [0.5, 0.6) is 0 Å². The van der Waals surface area contributed by atoms with Crippen molar-refractivity contribution in [3.8, 4) is 6.07 Å². The lowest BCUT2D eigenvalue weighted by Crippen LogP contribution is -2.19. The molecule has 1 unspecified atom stereocenters. The standard InChI is InChI=1S/C13H14N4O/c14-5-10-2-1-3-11(4-10)7-17-9-16-6-13(17)12(15)8-18/h1-4,6,9,12,18H,7-8,15H2. The fourth-order valence-electron chi connectivity index (χ4n) is 1.80. The summed E-state index contributed by atoms with van der Waals surface area (Å²) in [5.41, 5.74) is 8.19. The molecule has 3 N–H and O–H groups in total. The molecule has 0 saturated carbocycles. The second-order valence-corrected chi connectivity index (χ2v) is 4.05. The number of rotatable bonds is 4. The third-order valence-corrected chi connectivity index (χ3v) is 2.73. The molecule has 0 amide bonds. The minimum Gasteiger partial charge on any atom is -0.394 e. The first kappa shape index (κ1) is 12.3. The quantitative estimate of drug-likeness (QED) is 0.829. The van der Waals surface area contributed by atoms with Crippen molar-refractivity contribution in [1.29, 1.82) is 5.26 Å².